The van der Waals surface area contributed by atoms with Gasteiger partial charge in [-0.05, 0) is 44.0 Å². The monoisotopic (exact) mass is 324 g/mol. The molecule has 24 heavy (non-hydrogen) atoms. The highest BCUT2D eigenvalue weighted by Gasteiger charge is 2.13. The van der Waals surface area contributed by atoms with Crippen LogP contribution in [0.1, 0.15) is 32.6 Å². The van der Waals surface area contributed by atoms with E-state index >= 15 is 0 Å². The van der Waals surface area contributed by atoms with Crippen LogP contribution in [0.5, 0.6) is 0 Å². The Morgan fingerprint density at radius 2 is 1.58 bits per heavy atom. The molecule has 0 radical (unpaired) electrons. The number of hydrogen-bond acceptors (Lipinski definition) is 2. The Hall–Kier alpha value is -2.62. The first-order valence-corrected chi connectivity index (χ1v) is 8.02. The Morgan fingerprint density at radius 3 is 2.21 bits per heavy atom. The number of benzene rings is 2. The molecule has 2 aromatic rings. The molecule has 4 heteroatoms. The van der Waals surface area contributed by atoms with E-state index in [4.69, 9.17) is 0 Å². The van der Waals surface area contributed by atoms with Crippen molar-refractivity contribution in [2.45, 2.75) is 27.3 Å². The summed E-state index contributed by atoms with van der Waals surface area (Å²) in [6, 6.07) is 13.5. The number of aryl methyl sites for hydroxylation is 3. The number of nitrogens with one attached hydrogen (secondary N) is 1. The first kappa shape index (κ1) is 17.7. The van der Waals surface area contributed by atoms with Gasteiger partial charge in [-0.1, -0.05) is 41.5 Å². The van der Waals surface area contributed by atoms with Gasteiger partial charge in [0.05, 0.1) is 6.54 Å². The van der Waals surface area contributed by atoms with Gasteiger partial charge in [0.15, 0.2) is 0 Å². The molecule has 0 saturated heterocycles. The molecular weight excluding hydrogens is 300 g/mol. The number of rotatable bonds is 5. The fourth-order valence-corrected chi connectivity index (χ4v) is 2.46. The average molecular weight is 324 g/mol. The van der Waals surface area contributed by atoms with E-state index in [1.165, 1.54) is 11.1 Å². The van der Waals surface area contributed by atoms with E-state index < -0.39 is 0 Å². The third-order valence-electron chi connectivity index (χ3n) is 4.05. The average Bonchev–Trinajstić information content (AvgIpc) is 2.55. The molecule has 2 amide bonds. The fraction of sp³-hybridized carbons (Fsp3) is 0.300. The van der Waals surface area contributed by atoms with Crippen LogP contribution in [0.4, 0.5) is 0 Å². The summed E-state index contributed by atoms with van der Waals surface area (Å²) in [4.78, 5) is 25.9. The Kier molecular flexibility index (Phi) is 5.74. The minimum absolute atomic E-state index is 0.00583. The molecule has 4 nitrogen and oxygen atoms in total. The van der Waals surface area contributed by atoms with Crippen LogP contribution in [0, 0.1) is 20.8 Å². The van der Waals surface area contributed by atoms with Crippen molar-refractivity contribution in [2.24, 2.45) is 0 Å². The molecule has 0 fully saturated rings. The van der Waals surface area contributed by atoms with Crippen LogP contribution in [-0.2, 0) is 11.3 Å². The molecule has 2 aromatic carbocycles. The normalized spacial score (nSPS) is 10.3. The van der Waals surface area contributed by atoms with Crippen LogP contribution in [0.15, 0.2) is 42.5 Å². The van der Waals surface area contributed by atoms with Crippen molar-refractivity contribution < 1.29 is 9.59 Å². The second-order valence-electron chi connectivity index (χ2n) is 6.23. The summed E-state index contributed by atoms with van der Waals surface area (Å²) in [5, 5.41) is 2.68. The number of likely N-dealkylation sites (N-methyl/N-ethyl adjacent to an activating group) is 1. The van der Waals surface area contributed by atoms with Crippen molar-refractivity contribution in [1.82, 2.24) is 10.2 Å². The van der Waals surface area contributed by atoms with Gasteiger partial charge < -0.3 is 10.2 Å². The van der Waals surface area contributed by atoms with Crippen molar-refractivity contribution in [1.29, 1.82) is 0 Å². The maximum atomic E-state index is 12.2. The van der Waals surface area contributed by atoms with E-state index in [1.807, 2.05) is 45.0 Å². The minimum atomic E-state index is -0.233. The van der Waals surface area contributed by atoms with Crippen LogP contribution >= 0.6 is 0 Å². The van der Waals surface area contributed by atoms with Gasteiger partial charge in [-0.3, -0.25) is 9.59 Å². The lowest BCUT2D eigenvalue weighted by Gasteiger charge is -2.19. The number of carbonyl (C=O) groups is 2. The third kappa shape index (κ3) is 4.69. The molecule has 0 atom stereocenters. The van der Waals surface area contributed by atoms with Crippen molar-refractivity contribution in [3.8, 4) is 0 Å². The van der Waals surface area contributed by atoms with E-state index in [-0.39, 0.29) is 18.4 Å². The zero-order chi connectivity index (χ0) is 17.7. The van der Waals surface area contributed by atoms with Crippen molar-refractivity contribution in [3.63, 3.8) is 0 Å². The lowest BCUT2D eigenvalue weighted by atomic mass is 10.1. The highest BCUT2D eigenvalue weighted by Crippen LogP contribution is 2.12. The summed E-state index contributed by atoms with van der Waals surface area (Å²) in [6.45, 7) is 6.58. The third-order valence-corrected chi connectivity index (χ3v) is 4.05. The summed E-state index contributed by atoms with van der Waals surface area (Å²) in [6.07, 6.45) is 0. The Bertz CT molecular complexity index is 736. The lowest BCUT2D eigenvalue weighted by molar-refractivity contribution is -0.129. The molecule has 0 unspecified atom stereocenters. The van der Waals surface area contributed by atoms with Gasteiger partial charge in [-0.25, -0.2) is 0 Å². The van der Waals surface area contributed by atoms with Gasteiger partial charge >= 0.3 is 0 Å². The number of hydrogen-bond donors (Lipinski definition) is 1. The van der Waals surface area contributed by atoms with Gasteiger partial charge in [0.25, 0.3) is 5.91 Å². The van der Waals surface area contributed by atoms with Gasteiger partial charge in [0.1, 0.15) is 0 Å². The summed E-state index contributed by atoms with van der Waals surface area (Å²) in [5.41, 5.74) is 5.14. The van der Waals surface area contributed by atoms with E-state index in [0.29, 0.717) is 12.1 Å². The van der Waals surface area contributed by atoms with E-state index in [0.717, 1.165) is 11.1 Å². The van der Waals surface area contributed by atoms with E-state index in [9.17, 15) is 9.59 Å². The molecule has 0 heterocycles. The topological polar surface area (TPSA) is 49.4 Å². The Balaban J connectivity index is 1.89. The predicted octanol–water partition coefficient (Wildman–Crippen LogP) is 3.00. The van der Waals surface area contributed by atoms with Gasteiger partial charge in [-0.15, -0.1) is 0 Å². The summed E-state index contributed by atoms with van der Waals surface area (Å²) in [7, 11) is 1.75. The Morgan fingerprint density at radius 1 is 0.958 bits per heavy atom. The largest absolute Gasteiger partial charge is 0.343 e. The molecule has 0 aromatic heterocycles. The number of carbonyl (C=O) groups excluding carboxylic acids is 2. The molecule has 126 valence electrons. The van der Waals surface area contributed by atoms with Crippen molar-refractivity contribution in [2.75, 3.05) is 13.6 Å². The quantitative estimate of drug-likeness (QED) is 0.919. The standard InChI is InChI=1S/C20H24N2O2/c1-14-5-8-17(9-6-14)20(24)21-12-19(23)22(4)13-18-10-7-15(2)11-16(18)3/h5-11H,12-13H2,1-4H3,(H,21,24). The summed E-state index contributed by atoms with van der Waals surface area (Å²) < 4.78 is 0. The number of nitrogens with zero attached hydrogens (tertiary/aromatic N) is 1. The van der Waals surface area contributed by atoms with Gasteiger partial charge in [0, 0.05) is 19.2 Å². The maximum Gasteiger partial charge on any atom is 0.251 e. The summed E-state index contributed by atoms with van der Waals surface area (Å²) >= 11 is 0. The second kappa shape index (κ2) is 7.77. The molecule has 2 rings (SSSR count). The SMILES string of the molecule is Cc1ccc(C(=O)NCC(=O)N(C)Cc2ccc(C)cc2C)cc1. The van der Waals surface area contributed by atoms with E-state index in [2.05, 4.69) is 11.4 Å². The van der Waals surface area contributed by atoms with Crippen LogP contribution in [-0.4, -0.2) is 30.3 Å². The smallest absolute Gasteiger partial charge is 0.251 e. The fourth-order valence-electron chi connectivity index (χ4n) is 2.46. The first-order valence-electron chi connectivity index (χ1n) is 8.02. The first-order chi connectivity index (χ1) is 11.4. The van der Waals surface area contributed by atoms with Crippen molar-refractivity contribution >= 4 is 11.8 Å². The molecule has 1 N–H and O–H groups in total. The molecule has 0 aliphatic heterocycles. The molecule has 0 aliphatic carbocycles. The molecule has 0 spiro atoms. The molecule has 0 aliphatic rings. The Labute approximate surface area is 143 Å². The lowest BCUT2D eigenvalue weighted by Crippen LogP contribution is -2.37. The van der Waals surface area contributed by atoms with E-state index in [1.54, 1.807) is 24.1 Å². The van der Waals surface area contributed by atoms with Gasteiger partial charge in [-0.2, -0.15) is 0 Å². The zero-order valence-electron chi connectivity index (χ0n) is 14.7. The predicted molar refractivity (Wildman–Crippen MR) is 95.9 cm³/mol. The van der Waals surface area contributed by atoms with Crippen LogP contribution in [0.25, 0.3) is 0 Å². The maximum absolute atomic E-state index is 12.2. The minimum Gasteiger partial charge on any atom is -0.343 e. The molecule has 0 saturated carbocycles. The van der Waals surface area contributed by atoms with Gasteiger partial charge in [0.2, 0.25) is 5.91 Å². The second-order valence-corrected chi connectivity index (χ2v) is 6.23. The molecular formula is C20H24N2O2. The van der Waals surface area contributed by atoms with Crippen LogP contribution in [0.2, 0.25) is 0 Å². The van der Waals surface area contributed by atoms with Crippen LogP contribution in [0.3, 0.4) is 0 Å². The highest BCUT2D eigenvalue weighted by molar-refractivity contribution is 5.96. The molecule has 0 bridgehead atoms. The highest BCUT2D eigenvalue weighted by atomic mass is 16.2. The number of amides is 2. The summed E-state index contributed by atoms with van der Waals surface area (Å²) in [5.74, 6) is -0.348. The van der Waals surface area contributed by atoms with Crippen LogP contribution < -0.4 is 5.32 Å². The van der Waals surface area contributed by atoms with Crippen molar-refractivity contribution in [3.05, 3.63) is 70.3 Å². The zero-order valence-corrected chi connectivity index (χ0v) is 14.7.